The molecule has 34 heavy (non-hydrogen) atoms. The van der Waals surface area contributed by atoms with Crippen molar-refractivity contribution in [3.63, 3.8) is 0 Å². The first-order valence-electron chi connectivity index (χ1n) is 10.8. The zero-order valence-corrected chi connectivity index (χ0v) is 19.6. The number of aromatic nitrogens is 4. The van der Waals surface area contributed by atoms with Crippen LogP contribution in [0.3, 0.4) is 0 Å². The van der Waals surface area contributed by atoms with Crippen LogP contribution >= 0.6 is 22.7 Å². The number of azo groups is 1. The van der Waals surface area contributed by atoms with Crippen LogP contribution in [0.2, 0.25) is 0 Å². The van der Waals surface area contributed by atoms with Crippen LogP contribution in [0.1, 0.15) is 10.6 Å². The van der Waals surface area contributed by atoms with E-state index >= 15 is 0 Å². The number of nitrogens with one attached hydrogen (secondary N) is 2. The van der Waals surface area contributed by atoms with E-state index in [1.165, 1.54) is 32.2 Å². The summed E-state index contributed by atoms with van der Waals surface area (Å²) in [6.45, 7) is 1.70. The Morgan fingerprint density at radius 1 is 0.941 bits per heavy atom. The summed E-state index contributed by atoms with van der Waals surface area (Å²) in [6, 6.07) is 19.5. The quantitative estimate of drug-likeness (QED) is 0.322. The second-order valence-electron chi connectivity index (χ2n) is 7.72. The maximum atomic E-state index is 13.4. The highest BCUT2D eigenvalue weighted by Crippen LogP contribution is 2.32. The molecule has 0 saturated carbocycles. The van der Waals surface area contributed by atoms with Crippen molar-refractivity contribution in [3.05, 3.63) is 87.0 Å². The van der Waals surface area contributed by atoms with Crippen LogP contribution in [0.15, 0.2) is 81.1 Å². The van der Waals surface area contributed by atoms with E-state index in [0.29, 0.717) is 16.0 Å². The molecule has 2 N–H and O–H groups in total. The standard InChI is InChI=1S/C24H19N7OS2/c32-22-21(28-29-23-26-17-11-12-25-13-19(17)34-23)20(16-9-5-2-6-10-16)30-31(22)24-27-18(14-33-24)15-7-3-1-4-8-15/h1-10,14,25,30H,11-13H2. The second kappa shape index (κ2) is 8.90. The molecule has 0 spiro atoms. The highest BCUT2D eigenvalue weighted by molar-refractivity contribution is 7.15. The number of hydrogen-bond donors (Lipinski definition) is 2. The van der Waals surface area contributed by atoms with Crippen molar-refractivity contribution >= 4 is 33.5 Å². The molecule has 0 radical (unpaired) electrons. The largest absolute Gasteiger partial charge is 0.311 e. The number of rotatable bonds is 5. The van der Waals surface area contributed by atoms with Crippen LogP contribution in [0.25, 0.3) is 27.6 Å². The number of benzene rings is 2. The van der Waals surface area contributed by atoms with Crippen molar-refractivity contribution in [2.45, 2.75) is 13.0 Å². The van der Waals surface area contributed by atoms with Gasteiger partial charge in [0.1, 0.15) is 0 Å². The van der Waals surface area contributed by atoms with E-state index in [-0.39, 0.29) is 11.2 Å². The lowest BCUT2D eigenvalue weighted by Gasteiger charge is -2.09. The summed E-state index contributed by atoms with van der Waals surface area (Å²) in [6.07, 6.45) is 0.876. The fourth-order valence-corrected chi connectivity index (χ4v) is 5.51. The lowest BCUT2D eigenvalue weighted by molar-refractivity contribution is 0.644. The maximum absolute atomic E-state index is 13.4. The number of fused-ring (bicyclic) bond motifs is 1. The van der Waals surface area contributed by atoms with Crippen molar-refractivity contribution < 1.29 is 0 Å². The average molecular weight is 486 g/mol. The van der Waals surface area contributed by atoms with Gasteiger partial charge in [-0.15, -0.1) is 21.6 Å². The molecule has 0 aliphatic carbocycles. The number of nitrogens with zero attached hydrogens (tertiary/aromatic N) is 5. The summed E-state index contributed by atoms with van der Waals surface area (Å²) < 4.78 is 1.44. The van der Waals surface area contributed by atoms with Gasteiger partial charge in [0.05, 0.1) is 17.1 Å². The van der Waals surface area contributed by atoms with Gasteiger partial charge >= 0.3 is 5.56 Å². The number of thiazole rings is 2. The Labute approximate surface area is 202 Å². The predicted molar refractivity (Wildman–Crippen MR) is 135 cm³/mol. The predicted octanol–water partition coefficient (Wildman–Crippen LogP) is 5.47. The van der Waals surface area contributed by atoms with Gasteiger partial charge in [0.25, 0.3) is 0 Å². The molecular weight excluding hydrogens is 466 g/mol. The van der Waals surface area contributed by atoms with Gasteiger partial charge in [-0.25, -0.2) is 9.97 Å². The molecule has 0 bridgehead atoms. The van der Waals surface area contributed by atoms with E-state index in [0.717, 1.165) is 42.0 Å². The minimum Gasteiger partial charge on any atom is -0.311 e. The molecule has 6 rings (SSSR count). The summed E-state index contributed by atoms with van der Waals surface area (Å²) in [5.74, 6) is 0. The monoisotopic (exact) mass is 485 g/mol. The molecule has 0 saturated heterocycles. The zero-order chi connectivity index (χ0) is 22.9. The molecule has 0 atom stereocenters. The van der Waals surface area contributed by atoms with Crippen LogP contribution in [0, 0.1) is 0 Å². The Morgan fingerprint density at radius 2 is 1.71 bits per heavy atom. The average Bonchev–Trinajstić information content (AvgIpc) is 3.61. The van der Waals surface area contributed by atoms with Crippen LogP contribution in [-0.4, -0.2) is 26.3 Å². The Balaban J connectivity index is 1.42. The van der Waals surface area contributed by atoms with Crippen molar-refractivity contribution in [2.75, 3.05) is 6.54 Å². The molecule has 0 amide bonds. The van der Waals surface area contributed by atoms with E-state index in [1.807, 2.05) is 66.0 Å². The fraction of sp³-hybridized carbons (Fsp3) is 0.125. The SMILES string of the molecule is O=c1c(N=Nc2nc3c(s2)CNCC3)c(-c2ccccc2)[nH]n1-c1nc(-c2ccccc2)cs1. The van der Waals surface area contributed by atoms with Gasteiger partial charge in [0.15, 0.2) is 5.69 Å². The van der Waals surface area contributed by atoms with Gasteiger partial charge in [-0.2, -0.15) is 4.68 Å². The lowest BCUT2D eigenvalue weighted by Crippen LogP contribution is -2.22. The Bertz CT molecular complexity index is 1510. The van der Waals surface area contributed by atoms with E-state index in [1.54, 1.807) is 0 Å². The molecule has 3 aromatic heterocycles. The third kappa shape index (κ3) is 3.92. The van der Waals surface area contributed by atoms with E-state index in [2.05, 4.69) is 30.6 Å². The Morgan fingerprint density at radius 3 is 2.47 bits per heavy atom. The van der Waals surface area contributed by atoms with Crippen LogP contribution in [0.5, 0.6) is 0 Å². The van der Waals surface area contributed by atoms with Crippen molar-refractivity contribution in [2.24, 2.45) is 10.2 Å². The molecule has 5 aromatic rings. The van der Waals surface area contributed by atoms with Crippen molar-refractivity contribution in [1.82, 2.24) is 25.1 Å². The molecular formula is C24H19N7OS2. The number of H-pyrrole nitrogens is 1. The first-order chi connectivity index (χ1) is 16.8. The fourth-order valence-electron chi connectivity index (χ4n) is 3.82. The van der Waals surface area contributed by atoms with Gasteiger partial charge in [0, 0.05) is 40.9 Å². The Kier molecular flexibility index (Phi) is 5.46. The van der Waals surface area contributed by atoms with Crippen LogP contribution in [0.4, 0.5) is 10.8 Å². The first kappa shape index (κ1) is 20.8. The topological polar surface area (TPSA) is 100 Å². The smallest absolute Gasteiger partial charge is 0.301 e. The number of aromatic amines is 1. The minimum absolute atomic E-state index is 0.231. The van der Waals surface area contributed by atoms with Gasteiger partial charge in [-0.3, -0.25) is 9.89 Å². The molecule has 0 unspecified atom stereocenters. The normalized spacial score (nSPS) is 13.4. The molecule has 2 aromatic carbocycles. The lowest BCUT2D eigenvalue weighted by atomic mass is 10.1. The minimum atomic E-state index is -0.306. The summed E-state index contributed by atoms with van der Waals surface area (Å²) in [5, 5.41) is 18.3. The molecule has 8 nitrogen and oxygen atoms in total. The van der Waals surface area contributed by atoms with Crippen LogP contribution < -0.4 is 10.9 Å². The third-order valence-electron chi connectivity index (χ3n) is 5.51. The molecule has 1 aliphatic rings. The first-order valence-corrected chi connectivity index (χ1v) is 12.5. The summed E-state index contributed by atoms with van der Waals surface area (Å²) in [7, 11) is 0. The van der Waals surface area contributed by atoms with Crippen molar-refractivity contribution in [3.8, 4) is 27.6 Å². The molecule has 10 heteroatoms. The third-order valence-corrected chi connectivity index (χ3v) is 7.32. The van der Waals surface area contributed by atoms with Gasteiger partial charge in [-0.1, -0.05) is 72.0 Å². The molecule has 168 valence electrons. The summed E-state index contributed by atoms with van der Waals surface area (Å²) >= 11 is 2.90. The van der Waals surface area contributed by atoms with Gasteiger partial charge < -0.3 is 5.32 Å². The van der Waals surface area contributed by atoms with Gasteiger partial charge in [0.2, 0.25) is 10.3 Å². The summed E-state index contributed by atoms with van der Waals surface area (Å²) in [4.78, 5) is 23.9. The van der Waals surface area contributed by atoms with Gasteiger partial charge in [-0.05, 0) is 0 Å². The molecule has 0 fully saturated rings. The highest BCUT2D eigenvalue weighted by Gasteiger charge is 2.20. The zero-order valence-electron chi connectivity index (χ0n) is 17.9. The molecule has 1 aliphatic heterocycles. The second-order valence-corrected chi connectivity index (χ2v) is 9.62. The number of hydrogen-bond acceptors (Lipinski definition) is 8. The van der Waals surface area contributed by atoms with Crippen LogP contribution in [-0.2, 0) is 13.0 Å². The van der Waals surface area contributed by atoms with E-state index in [9.17, 15) is 4.79 Å². The highest BCUT2D eigenvalue weighted by atomic mass is 32.1. The van der Waals surface area contributed by atoms with E-state index in [4.69, 9.17) is 0 Å². The Hall–Kier alpha value is -3.73. The van der Waals surface area contributed by atoms with E-state index < -0.39 is 0 Å². The molecule has 4 heterocycles. The summed E-state index contributed by atoms with van der Waals surface area (Å²) in [5.41, 5.74) is 4.23. The van der Waals surface area contributed by atoms with Crippen molar-refractivity contribution in [1.29, 1.82) is 0 Å². The maximum Gasteiger partial charge on any atom is 0.301 e.